The molecule has 1 atom stereocenters. The van der Waals surface area contributed by atoms with E-state index >= 15 is 0 Å². The highest BCUT2D eigenvalue weighted by molar-refractivity contribution is 7.07. The first-order valence-corrected chi connectivity index (χ1v) is 16.9. The second kappa shape index (κ2) is 15.2. The summed E-state index contributed by atoms with van der Waals surface area (Å²) in [6.07, 6.45) is 1.61. The number of esters is 1. The Morgan fingerprint density at radius 3 is 2.36 bits per heavy atom. The summed E-state index contributed by atoms with van der Waals surface area (Å²) >= 11 is 1.09. The Morgan fingerprint density at radius 1 is 0.925 bits per heavy atom. The van der Waals surface area contributed by atoms with E-state index in [1.54, 1.807) is 68.5 Å². The van der Waals surface area contributed by atoms with Crippen LogP contribution in [0.1, 0.15) is 36.6 Å². The molecule has 0 amide bonds. The van der Waals surface area contributed by atoms with Gasteiger partial charge in [0.15, 0.2) is 27.8 Å². The number of carbonyl (C=O) groups excluding carboxylic acids is 1. The molecular formula is C37H30N4O11S. The van der Waals surface area contributed by atoms with Gasteiger partial charge in [0.05, 0.1) is 58.1 Å². The lowest BCUT2D eigenvalue weighted by atomic mass is 9.93. The van der Waals surface area contributed by atoms with E-state index in [1.165, 1.54) is 23.8 Å². The van der Waals surface area contributed by atoms with E-state index in [1.807, 2.05) is 6.07 Å². The fourth-order valence-electron chi connectivity index (χ4n) is 5.71. The first-order valence-electron chi connectivity index (χ1n) is 16.1. The van der Waals surface area contributed by atoms with Gasteiger partial charge in [-0.05, 0) is 61.4 Å². The third-order valence-corrected chi connectivity index (χ3v) is 9.01. The van der Waals surface area contributed by atoms with Crippen LogP contribution in [0.5, 0.6) is 28.7 Å². The zero-order valence-electron chi connectivity index (χ0n) is 28.4. The number of hydrogen-bond acceptors (Lipinski definition) is 13. The number of benzene rings is 4. The third kappa shape index (κ3) is 7.20. The molecule has 0 aliphatic carbocycles. The number of non-ortho nitro benzene ring substituents is 1. The van der Waals surface area contributed by atoms with Crippen molar-refractivity contribution < 1.29 is 38.7 Å². The molecule has 5 aromatic rings. The lowest BCUT2D eigenvalue weighted by molar-refractivity contribution is -0.394. The summed E-state index contributed by atoms with van der Waals surface area (Å²) in [6.45, 7) is 3.67. The fraction of sp³-hybridized carbons (Fsp3) is 0.162. The highest BCUT2D eigenvalue weighted by atomic mass is 32.1. The van der Waals surface area contributed by atoms with Gasteiger partial charge in [-0.15, -0.1) is 0 Å². The smallest absolute Gasteiger partial charge is 0.338 e. The monoisotopic (exact) mass is 738 g/mol. The van der Waals surface area contributed by atoms with Crippen LogP contribution in [-0.2, 0) is 9.53 Å². The summed E-state index contributed by atoms with van der Waals surface area (Å²) in [5.41, 5.74) is 0.458. The molecule has 0 bridgehead atoms. The number of phenolic OH excluding ortho intramolecular Hbond substituents is 1. The predicted molar refractivity (Wildman–Crippen MR) is 193 cm³/mol. The topological polar surface area (TPSA) is 195 Å². The maximum atomic E-state index is 14.3. The average Bonchev–Trinajstić information content (AvgIpc) is 3.46. The van der Waals surface area contributed by atoms with Gasteiger partial charge in [-0.1, -0.05) is 53.8 Å². The van der Waals surface area contributed by atoms with E-state index < -0.39 is 38.8 Å². The van der Waals surface area contributed by atoms with Gasteiger partial charge in [-0.2, -0.15) is 0 Å². The van der Waals surface area contributed by atoms with E-state index in [0.29, 0.717) is 27.2 Å². The van der Waals surface area contributed by atoms with Crippen LogP contribution in [0.15, 0.2) is 100 Å². The van der Waals surface area contributed by atoms with Crippen LogP contribution in [0.25, 0.3) is 11.8 Å². The second-order valence-electron chi connectivity index (χ2n) is 11.3. The molecule has 6 rings (SSSR count). The van der Waals surface area contributed by atoms with E-state index in [0.717, 1.165) is 29.5 Å². The van der Waals surface area contributed by atoms with Crippen molar-refractivity contribution in [1.29, 1.82) is 0 Å². The van der Waals surface area contributed by atoms with Gasteiger partial charge in [-0.25, -0.2) is 9.79 Å². The van der Waals surface area contributed by atoms with Crippen LogP contribution in [0.4, 0.5) is 11.4 Å². The number of phenols is 1. The van der Waals surface area contributed by atoms with Gasteiger partial charge in [0.2, 0.25) is 5.75 Å². The van der Waals surface area contributed by atoms with Gasteiger partial charge in [0.1, 0.15) is 0 Å². The van der Waals surface area contributed by atoms with Crippen molar-refractivity contribution in [2.75, 3.05) is 20.3 Å². The Kier molecular flexibility index (Phi) is 10.3. The predicted octanol–water partition coefficient (Wildman–Crippen LogP) is 5.66. The number of hydrogen-bond donors (Lipinski definition) is 1. The van der Waals surface area contributed by atoms with Crippen LogP contribution in [0, 0.1) is 20.2 Å². The molecule has 16 heteroatoms. The molecule has 53 heavy (non-hydrogen) atoms. The Morgan fingerprint density at radius 2 is 1.68 bits per heavy atom. The lowest BCUT2D eigenvalue weighted by Gasteiger charge is -2.26. The molecule has 4 aromatic carbocycles. The van der Waals surface area contributed by atoms with E-state index in [4.69, 9.17) is 23.9 Å². The molecule has 270 valence electrons. The molecule has 0 unspecified atom stereocenters. The first kappa shape index (κ1) is 36.0. The summed E-state index contributed by atoms with van der Waals surface area (Å²) in [4.78, 5) is 54.6. The number of aromatic nitrogens is 1. The number of rotatable bonds is 12. The summed E-state index contributed by atoms with van der Waals surface area (Å²) in [6, 6.07) is 20.3. The van der Waals surface area contributed by atoms with E-state index in [-0.39, 0.29) is 52.1 Å². The number of thiazole rings is 1. The number of nitrogens with zero attached hydrogens (tertiary/aromatic N) is 4. The zero-order valence-corrected chi connectivity index (χ0v) is 29.2. The molecule has 1 aliphatic rings. The lowest BCUT2D eigenvalue weighted by Crippen LogP contribution is -2.40. The molecule has 0 radical (unpaired) electrons. The molecule has 1 aromatic heterocycles. The maximum absolute atomic E-state index is 14.3. The van der Waals surface area contributed by atoms with Crippen molar-refractivity contribution in [3.8, 4) is 28.7 Å². The zero-order chi connectivity index (χ0) is 37.8. The average molecular weight is 739 g/mol. The highest BCUT2D eigenvalue weighted by Gasteiger charge is 2.35. The molecule has 0 spiro atoms. The van der Waals surface area contributed by atoms with Crippen molar-refractivity contribution in [2.45, 2.75) is 19.9 Å². The molecule has 0 saturated carbocycles. The normalized spacial score (nSPS) is 13.9. The summed E-state index contributed by atoms with van der Waals surface area (Å²) in [5.74, 6) is -0.626. The molecule has 0 fully saturated rings. The fourth-order valence-corrected chi connectivity index (χ4v) is 6.71. The van der Waals surface area contributed by atoms with E-state index in [2.05, 4.69) is 0 Å². The molecular weight excluding hydrogens is 708 g/mol. The van der Waals surface area contributed by atoms with Crippen molar-refractivity contribution in [3.63, 3.8) is 0 Å². The molecule has 0 saturated heterocycles. The molecule has 2 heterocycles. The van der Waals surface area contributed by atoms with Crippen molar-refractivity contribution in [1.82, 2.24) is 4.57 Å². The Balaban J connectivity index is 1.51. The van der Waals surface area contributed by atoms with Crippen molar-refractivity contribution in [2.24, 2.45) is 4.99 Å². The standard InChI is InChI=1S/C37H30N4O11S/c1-4-50-30-17-21(11-15-28(30)52-27-16-13-24(40(45)46)20-25(27)41(47)48)18-31-35(43)39-34(23-12-14-26(42)29(19-23)49-3)32(36(44)51-5-2)33(38-37(39)53-31)22-9-7-6-8-10-22/h6-20,34,42H,4-5H2,1-3H3/b31-18+/t34-/m0/s1. The minimum absolute atomic E-state index is 0.0693. The van der Waals surface area contributed by atoms with Gasteiger partial charge in [0, 0.05) is 11.6 Å². The van der Waals surface area contributed by atoms with Crippen LogP contribution >= 0.6 is 11.3 Å². The van der Waals surface area contributed by atoms with Crippen LogP contribution < -0.4 is 29.1 Å². The molecule has 1 aliphatic heterocycles. The Hall–Kier alpha value is -6.81. The first-order chi connectivity index (χ1) is 25.5. The molecule has 1 N–H and O–H groups in total. The number of carbonyl (C=O) groups is 1. The largest absolute Gasteiger partial charge is 0.504 e. The van der Waals surface area contributed by atoms with E-state index in [9.17, 15) is 34.9 Å². The number of fused-ring (bicyclic) bond motifs is 1. The summed E-state index contributed by atoms with van der Waals surface area (Å²) in [7, 11) is 1.39. The Labute approximate surface area is 304 Å². The van der Waals surface area contributed by atoms with Crippen molar-refractivity contribution in [3.05, 3.63) is 147 Å². The molecule has 15 nitrogen and oxygen atoms in total. The number of aromatic hydroxyl groups is 1. The summed E-state index contributed by atoms with van der Waals surface area (Å²) in [5, 5.41) is 33.3. The number of ether oxygens (including phenoxy) is 4. The number of nitro benzene ring substituents is 2. The minimum Gasteiger partial charge on any atom is -0.504 e. The maximum Gasteiger partial charge on any atom is 0.338 e. The van der Waals surface area contributed by atoms with Gasteiger partial charge >= 0.3 is 11.7 Å². The highest BCUT2D eigenvalue weighted by Crippen LogP contribution is 2.40. The third-order valence-electron chi connectivity index (χ3n) is 8.03. The minimum atomic E-state index is -1.02. The summed E-state index contributed by atoms with van der Waals surface area (Å²) < 4.78 is 24.1. The van der Waals surface area contributed by atoms with Crippen LogP contribution in [0.3, 0.4) is 0 Å². The number of nitro groups is 2. The van der Waals surface area contributed by atoms with Gasteiger partial charge in [0.25, 0.3) is 11.2 Å². The van der Waals surface area contributed by atoms with Crippen molar-refractivity contribution >= 4 is 40.5 Å². The Bertz CT molecular complexity index is 2470. The van der Waals surface area contributed by atoms with Gasteiger partial charge in [-0.3, -0.25) is 29.6 Å². The van der Waals surface area contributed by atoms with Crippen LogP contribution in [0.2, 0.25) is 0 Å². The number of methoxy groups -OCH3 is 1. The quantitative estimate of drug-likeness (QED) is 0.0943. The van der Waals surface area contributed by atoms with Gasteiger partial charge < -0.3 is 24.1 Å². The second-order valence-corrected chi connectivity index (χ2v) is 12.3. The van der Waals surface area contributed by atoms with Crippen LogP contribution in [-0.4, -0.2) is 45.8 Å². The SMILES string of the molecule is CCOC(=O)C1=C(c2ccccc2)N=c2s/c(=C/c3ccc(Oc4ccc([N+](=O)[O-])cc4[N+](=O)[O-])c(OCC)c3)c(=O)n2[C@H]1c1ccc(O)c(OC)c1.